The van der Waals surface area contributed by atoms with Gasteiger partial charge in [0.25, 0.3) is 0 Å². The molecule has 0 aliphatic carbocycles. The SMILES string of the molecule is CCN(CC)CC#Cc1cccc(C=N)c1. The van der Waals surface area contributed by atoms with Gasteiger partial charge in [-0.2, -0.15) is 0 Å². The highest BCUT2D eigenvalue weighted by atomic mass is 15.1. The maximum Gasteiger partial charge on any atom is 0.0605 e. The fourth-order valence-corrected chi connectivity index (χ4v) is 1.41. The van der Waals surface area contributed by atoms with Crippen LogP contribution >= 0.6 is 0 Å². The number of hydrogen-bond acceptors (Lipinski definition) is 2. The molecule has 0 atom stereocenters. The normalized spacial score (nSPS) is 9.69. The third kappa shape index (κ3) is 3.88. The second-order valence-electron chi connectivity index (χ2n) is 3.53. The fourth-order valence-electron chi connectivity index (χ4n) is 1.41. The Morgan fingerprint density at radius 1 is 1.31 bits per heavy atom. The molecule has 2 nitrogen and oxygen atoms in total. The summed E-state index contributed by atoms with van der Waals surface area (Å²) < 4.78 is 0. The summed E-state index contributed by atoms with van der Waals surface area (Å²) in [6.07, 6.45) is 1.34. The van der Waals surface area contributed by atoms with E-state index in [4.69, 9.17) is 5.41 Å². The molecule has 1 aromatic rings. The lowest BCUT2D eigenvalue weighted by molar-refractivity contribution is 0.342. The second-order valence-corrected chi connectivity index (χ2v) is 3.53. The van der Waals surface area contributed by atoms with E-state index in [2.05, 4.69) is 30.6 Å². The molecule has 0 saturated carbocycles. The molecule has 16 heavy (non-hydrogen) atoms. The first-order valence-electron chi connectivity index (χ1n) is 5.62. The van der Waals surface area contributed by atoms with E-state index in [0.29, 0.717) is 0 Å². The van der Waals surface area contributed by atoms with Gasteiger partial charge in [-0.05, 0) is 30.8 Å². The van der Waals surface area contributed by atoms with E-state index in [9.17, 15) is 0 Å². The van der Waals surface area contributed by atoms with Crippen LogP contribution in [0.25, 0.3) is 0 Å². The average molecular weight is 214 g/mol. The number of nitrogens with one attached hydrogen (secondary N) is 1. The van der Waals surface area contributed by atoms with Crippen LogP contribution in [0.2, 0.25) is 0 Å². The highest BCUT2D eigenvalue weighted by Crippen LogP contribution is 2.01. The van der Waals surface area contributed by atoms with E-state index in [1.54, 1.807) is 0 Å². The Bertz CT molecular complexity index is 395. The van der Waals surface area contributed by atoms with E-state index in [-0.39, 0.29) is 0 Å². The summed E-state index contributed by atoms with van der Waals surface area (Å²) in [7, 11) is 0. The van der Waals surface area contributed by atoms with Gasteiger partial charge in [0.2, 0.25) is 0 Å². The number of hydrogen-bond donors (Lipinski definition) is 1. The standard InChI is InChI=1S/C14H18N2/c1-3-16(4-2)10-6-9-13-7-5-8-14(11-13)12-15/h5,7-8,11-12,15H,3-4,10H2,1-2H3. The maximum atomic E-state index is 7.16. The van der Waals surface area contributed by atoms with Crippen molar-refractivity contribution in [2.75, 3.05) is 19.6 Å². The topological polar surface area (TPSA) is 27.1 Å². The van der Waals surface area contributed by atoms with Gasteiger partial charge in [0, 0.05) is 11.8 Å². The van der Waals surface area contributed by atoms with Crippen molar-refractivity contribution < 1.29 is 0 Å². The van der Waals surface area contributed by atoms with E-state index >= 15 is 0 Å². The minimum atomic E-state index is 0.807. The van der Waals surface area contributed by atoms with Gasteiger partial charge in [-0.25, -0.2) is 0 Å². The summed E-state index contributed by atoms with van der Waals surface area (Å²) in [5, 5.41) is 7.16. The molecule has 0 bridgehead atoms. The van der Waals surface area contributed by atoms with Crippen LogP contribution in [0, 0.1) is 17.3 Å². The summed E-state index contributed by atoms with van der Waals surface area (Å²) in [4.78, 5) is 2.27. The summed E-state index contributed by atoms with van der Waals surface area (Å²) in [6.45, 7) is 7.15. The van der Waals surface area contributed by atoms with Crippen LogP contribution in [-0.2, 0) is 0 Å². The van der Waals surface area contributed by atoms with Gasteiger partial charge in [-0.3, -0.25) is 4.90 Å². The van der Waals surface area contributed by atoms with Crippen LogP contribution in [0.15, 0.2) is 24.3 Å². The minimum absolute atomic E-state index is 0.807. The molecule has 0 unspecified atom stereocenters. The van der Waals surface area contributed by atoms with Crippen molar-refractivity contribution in [2.45, 2.75) is 13.8 Å². The highest BCUT2D eigenvalue weighted by molar-refractivity contribution is 5.77. The Balaban J connectivity index is 2.65. The lowest BCUT2D eigenvalue weighted by atomic mass is 10.1. The minimum Gasteiger partial charge on any atom is -0.308 e. The van der Waals surface area contributed by atoms with Crippen LogP contribution in [0.1, 0.15) is 25.0 Å². The molecular formula is C14H18N2. The number of benzene rings is 1. The quantitative estimate of drug-likeness (QED) is 0.604. The molecule has 0 fully saturated rings. The van der Waals surface area contributed by atoms with Crippen molar-refractivity contribution in [3.8, 4) is 11.8 Å². The molecule has 1 rings (SSSR count). The number of nitrogens with zero attached hydrogens (tertiary/aromatic N) is 1. The fraction of sp³-hybridized carbons (Fsp3) is 0.357. The van der Waals surface area contributed by atoms with E-state index in [0.717, 1.165) is 30.8 Å². The largest absolute Gasteiger partial charge is 0.308 e. The molecular weight excluding hydrogens is 196 g/mol. The van der Waals surface area contributed by atoms with Gasteiger partial charge in [0.1, 0.15) is 0 Å². The lowest BCUT2D eigenvalue weighted by Gasteiger charge is -2.13. The average Bonchev–Trinajstić information content (AvgIpc) is 2.35. The van der Waals surface area contributed by atoms with Gasteiger partial charge in [0.15, 0.2) is 0 Å². The van der Waals surface area contributed by atoms with Crippen molar-refractivity contribution >= 4 is 6.21 Å². The van der Waals surface area contributed by atoms with Crippen LogP contribution in [0.4, 0.5) is 0 Å². The molecule has 0 heterocycles. The third-order valence-electron chi connectivity index (χ3n) is 2.48. The smallest absolute Gasteiger partial charge is 0.0605 e. The molecule has 0 radical (unpaired) electrons. The van der Waals surface area contributed by atoms with Crippen molar-refractivity contribution in [1.29, 1.82) is 5.41 Å². The molecule has 0 aliphatic rings. The first-order chi connectivity index (χ1) is 7.80. The molecule has 0 aromatic heterocycles. The van der Waals surface area contributed by atoms with E-state index < -0.39 is 0 Å². The molecule has 0 aliphatic heterocycles. The number of rotatable bonds is 4. The molecule has 0 amide bonds. The summed E-state index contributed by atoms with van der Waals surface area (Å²) in [6, 6.07) is 7.74. The Labute approximate surface area is 97.8 Å². The maximum absolute atomic E-state index is 7.16. The van der Waals surface area contributed by atoms with Gasteiger partial charge in [-0.1, -0.05) is 37.8 Å². The predicted molar refractivity (Wildman–Crippen MR) is 69.0 cm³/mol. The van der Waals surface area contributed by atoms with Gasteiger partial charge >= 0.3 is 0 Å². The summed E-state index contributed by atoms with van der Waals surface area (Å²) in [5.41, 5.74) is 1.88. The van der Waals surface area contributed by atoms with Gasteiger partial charge < -0.3 is 5.41 Å². The monoisotopic (exact) mass is 214 g/mol. The predicted octanol–water partition coefficient (Wildman–Crippen LogP) is 2.38. The summed E-state index contributed by atoms with van der Waals surface area (Å²) >= 11 is 0. The Morgan fingerprint density at radius 3 is 2.69 bits per heavy atom. The van der Waals surface area contributed by atoms with Crippen LogP contribution in [0.3, 0.4) is 0 Å². The Morgan fingerprint density at radius 2 is 2.06 bits per heavy atom. The molecule has 1 N–H and O–H groups in total. The van der Waals surface area contributed by atoms with E-state index in [1.165, 1.54) is 6.21 Å². The summed E-state index contributed by atoms with van der Waals surface area (Å²) in [5.74, 6) is 6.28. The highest BCUT2D eigenvalue weighted by Gasteiger charge is 1.93. The van der Waals surface area contributed by atoms with Crippen molar-refractivity contribution in [1.82, 2.24) is 4.90 Å². The molecule has 0 spiro atoms. The van der Waals surface area contributed by atoms with Crippen molar-refractivity contribution in [3.63, 3.8) is 0 Å². The van der Waals surface area contributed by atoms with Crippen LogP contribution in [-0.4, -0.2) is 30.7 Å². The first kappa shape index (κ1) is 12.5. The van der Waals surface area contributed by atoms with Crippen molar-refractivity contribution in [3.05, 3.63) is 35.4 Å². The first-order valence-corrected chi connectivity index (χ1v) is 5.62. The van der Waals surface area contributed by atoms with E-state index in [1.807, 2.05) is 24.3 Å². The zero-order valence-electron chi connectivity index (χ0n) is 9.96. The second kappa shape index (κ2) is 6.81. The lowest BCUT2D eigenvalue weighted by Crippen LogP contribution is -2.22. The van der Waals surface area contributed by atoms with Gasteiger partial charge in [0.05, 0.1) is 6.54 Å². The molecule has 2 heteroatoms. The Hall–Kier alpha value is -1.59. The zero-order chi connectivity index (χ0) is 11.8. The van der Waals surface area contributed by atoms with Crippen molar-refractivity contribution in [2.24, 2.45) is 0 Å². The molecule has 0 saturated heterocycles. The van der Waals surface area contributed by atoms with Crippen LogP contribution in [0.5, 0.6) is 0 Å². The van der Waals surface area contributed by atoms with Crippen LogP contribution < -0.4 is 0 Å². The zero-order valence-corrected chi connectivity index (χ0v) is 9.96. The molecule has 84 valence electrons. The Kier molecular flexibility index (Phi) is 5.31. The third-order valence-corrected chi connectivity index (χ3v) is 2.48. The van der Waals surface area contributed by atoms with Gasteiger partial charge in [-0.15, -0.1) is 0 Å². The molecule has 1 aromatic carbocycles.